The zero-order valence-corrected chi connectivity index (χ0v) is 20.7. The van der Waals surface area contributed by atoms with Crippen LogP contribution in [0.15, 0.2) is 53.0 Å². The Morgan fingerprint density at radius 3 is 2.39 bits per heavy atom. The number of alkyl halides is 6. The Hall–Kier alpha value is -3.06. The molecule has 3 aromatic rings. The highest BCUT2D eigenvalue weighted by molar-refractivity contribution is 9.10. The summed E-state index contributed by atoms with van der Waals surface area (Å²) in [5.41, 5.74) is -0.225. The van der Waals surface area contributed by atoms with Crippen molar-refractivity contribution in [2.75, 3.05) is 37.8 Å². The number of hydrogen-bond acceptors (Lipinski definition) is 6. The van der Waals surface area contributed by atoms with Crippen molar-refractivity contribution in [2.45, 2.75) is 19.0 Å². The van der Waals surface area contributed by atoms with E-state index in [0.717, 1.165) is 31.2 Å². The third-order valence-electron chi connectivity index (χ3n) is 4.70. The predicted octanol–water partition coefficient (Wildman–Crippen LogP) is 6.93. The third-order valence-corrected chi connectivity index (χ3v) is 5.39. The number of nitrogens with zero attached hydrogens (tertiary/aromatic N) is 3. The second-order valence-electron chi connectivity index (χ2n) is 7.94. The van der Waals surface area contributed by atoms with E-state index in [1.165, 1.54) is 30.3 Å². The lowest BCUT2D eigenvalue weighted by molar-refractivity contribution is -0.274. The number of anilines is 3. The molecule has 0 unspecified atom stereocenters. The van der Waals surface area contributed by atoms with Gasteiger partial charge in [0.15, 0.2) is 0 Å². The number of benzene rings is 2. The lowest BCUT2D eigenvalue weighted by Crippen LogP contribution is -2.17. The number of nitrogens with one attached hydrogen (secondary N) is 2. The summed E-state index contributed by atoms with van der Waals surface area (Å²) >= 11 is 2.90. The summed E-state index contributed by atoms with van der Waals surface area (Å²) in [5.74, 6) is -0.131. The molecule has 1 aromatic heterocycles. The maximum atomic E-state index is 13.3. The van der Waals surface area contributed by atoms with Gasteiger partial charge in [-0.05, 0) is 57.4 Å². The number of ether oxygens (including phenoxy) is 1. The molecule has 3 rings (SSSR count). The third kappa shape index (κ3) is 8.26. The lowest BCUT2D eigenvalue weighted by atomic mass is 10.1. The molecule has 0 aliphatic carbocycles. The van der Waals surface area contributed by atoms with Crippen LogP contribution < -0.4 is 15.4 Å². The van der Waals surface area contributed by atoms with Crippen molar-refractivity contribution >= 4 is 33.4 Å². The fraction of sp³-hybridized carbons (Fsp3) is 0.304. The second-order valence-corrected chi connectivity index (χ2v) is 8.79. The van der Waals surface area contributed by atoms with Gasteiger partial charge in [-0.2, -0.15) is 18.2 Å². The Morgan fingerprint density at radius 2 is 1.72 bits per heavy atom. The Balaban J connectivity index is 1.95. The Bertz CT molecular complexity index is 1190. The summed E-state index contributed by atoms with van der Waals surface area (Å²) < 4.78 is 81.8. The molecular weight excluding hydrogens is 556 g/mol. The van der Waals surface area contributed by atoms with Gasteiger partial charge >= 0.3 is 12.5 Å². The number of rotatable bonds is 9. The average molecular weight is 578 g/mol. The molecule has 0 radical (unpaired) electrons. The first-order valence-corrected chi connectivity index (χ1v) is 11.4. The standard InChI is InChI=1S/C23H22BrF6N5O/c1-35(2)10-4-9-31-21-33-19(14-5-3-6-16(11-14)36-23(28,29)30)13-20(34-21)32-15-7-8-18(24)17(12-15)22(25,26)27/h3,5-8,11-13H,4,9-10H2,1-2H3,(H2,31,32,33,34). The smallest absolute Gasteiger partial charge is 0.406 e. The zero-order valence-electron chi connectivity index (χ0n) is 19.1. The molecule has 0 spiro atoms. The van der Waals surface area contributed by atoms with Crippen LogP contribution in [0.25, 0.3) is 11.3 Å². The van der Waals surface area contributed by atoms with Crippen LogP contribution in [-0.2, 0) is 6.18 Å². The molecule has 0 atom stereocenters. The first-order chi connectivity index (χ1) is 16.8. The molecule has 0 bridgehead atoms. The van der Waals surface area contributed by atoms with E-state index in [4.69, 9.17) is 0 Å². The molecular formula is C23H22BrF6N5O. The fourth-order valence-electron chi connectivity index (χ4n) is 3.15. The Morgan fingerprint density at radius 1 is 0.972 bits per heavy atom. The number of hydrogen-bond donors (Lipinski definition) is 2. The van der Waals surface area contributed by atoms with Crippen LogP contribution in [0, 0.1) is 0 Å². The molecule has 0 aliphatic heterocycles. The molecule has 0 saturated heterocycles. The average Bonchev–Trinajstić information content (AvgIpc) is 2.76. The van der Waals surface area contributed by atoms with Gasteiger partial charge < -0.3 is 20.3 Å². The molecule has 1 heterocycles. The molecule has 2 N–H and O–H groups in total. The largest absolute Gasteiger partial charge is 0.573 e. The van der Waals surface area contributed by atoms with Gasteiger partial charge in [0.2, 0.25) is 5.95 Å². The number of halogens is 7. The number of aromatic nitrogens is 2. The zero-order chi connectivity index (χ0) is 26.5. The fourth-order valence-corrected chi connectivity index (χ4v) is 3.63. The topological polar surface area (TPSA) is 62.3 Å². The highest BCUT2D eigenvalue weighted by Crippen LogP contribution is 2.37. The van der Waals surface area contributed by atoms with E-state index in [1.54, 1.807) is 0 Å². The van der Waals surface area contributed by atoms with Crippen LogP contribution in [-0.4, -0.2) is 48.4 Å². The van der Waals surface area contributed by atoms with Crippen molar-refractivity contribution in [3.63, 3.8) is 0 Å². The Kier molecular flexibility index (Phi) is 8.67. The summed E-state index contributed by atoms with van der Waals surface area (Å²) in [4.78, 5) is 10.7. The van der Waals surface area contributed by atoms with Crippen molar-refractivity contribution < 1.29 is 31.1 Å². The predicted molar refractivity (Wildman–Crippen MR) is 128 cm³/mol. The minimum atomic E-state index is -4.87. The van der Waals surface area contributed by atoms with Gasteiger partial charge in [-0.3, -0.25) is 0 Å². The summed E-state index contributed by atoms with van der Waals surface area (Å²) in [6, 6.07) is 10.3. The van der Waals surface area contributed by atoms with E-state index >= 15 is 0 Å². The monoisotopic (exact) mass is 577 g/mol. The van der Waals surface area contributed by atoms with Crippen molar-refractivity contribution in [2.24, 2.45) is 0 Å². The normalized spacial score (nSPS) is 12.1. The molecule has 2 aromatic carbocycles. The highest BCUT2D eigenvalue weighted by atomic mass is 79.9. The highest BCUT2D eigenvalue weighted by Gasteiger charge is 2.33. The summed E-state index contributed by atoms with van der Waals surface area (Å²) in [6.45, 7) is 1.28. The first-order valence-electron chi connectivity index (χ1n) is 10.6. The van der Waals surface area contributed by atoms with E-state index in [9.17, 15) is 26.3 Å². The van der Waals surface area contributed by atoms with E-state index in [0.29, 0.717) is 12.1 Å². The van der Waals surface area contributed by atoms with Crippen molar-refractivity contribution in [1.82, 2.24) is 14.9 Å². The molecule has 13 heteroatoms. The van der Waals surface area contributed by atoms with Crippen LogP contribution in [0.3, 0.4) is 0 Å². The van der Waals surface area contributed by atoms with E-state index in [-0.39, 0.29) is 27.6 Å². The van der Waals surface area contributed by atoms with Gasteiger partial charge in [0.05, 0.1) is 11.3 Å². The maximum Gasteiger partial charge on any atom is 0.573 e. The minimum Gasteiger partial charge on any atom is -0.406 e. The lowest BCUT2D eigenvalue weighted by Gasteiger charge is -2.15. The Labute approximate surface area is 211 Å². The molecule has 0 fully saturated rings. The SMILES string of the molecule is CN(C)CCCNc1nc(Nc2ccc(Br)c(C(F)(F)F)c2)cc(-c2cccc(OC(F)(F)F)c2)n1. The molecule has 0 amide bonds. The van der Waals surface area contributed by atoms with Crippen molar-refractivity contribution in [3.8, 4) is 17.0 Å². The van der Waals surface area contributed by atoms with Gasteiger partial charge in [0.1, 0.15) is 11.6 Å². The van der Waals surface area contributed by atoms with Crippen LogP contribution in [0.4, 0.5) is 43.8 Å². The van der Waals surface area contributed by atoms with Gasteiger partial charge in [0.25, 0.3) is 0 Å². The molecule has 36 heavy (non-hydrogen) atoms. The van der Waals surface area contributed by atoms with Crippen LogP contribution in [0.5, 0.6) is 5.75 Å². The van der Waals surface area contributed by atoms with E-state index in [1.807, 2.05) is 19.0 Å². The molecule has 0 saturated carbocycles. The summed E-state index contributed by atoms with van der Waals surface area (Å²) in [7, 11) is 3.84. The maximum absolute atomic E-state index is 13.3. The van der Waals surface area contributed by atoms with Gasteiger partial charge in [0, 0.05) is 28.3 Å². The molecule has 0 aliphatic rings. The van der Waals surface area contributed by atoms with Crippen molar-refractivity contribution in [1.29, 1.82) is 0 Å². The van der Waals surface area contributed by atoms with Gasteiger partial charge in [-0.15, -0.1) is 13.2 Å². The van der Waals surface area contributed by atoms with Gasteiger partial charge in [-0.1, -0.05) is 28.1 Å². The van der Waals surface area contributed by atoms with Crippen LogP contribution in [0.2, 0.25) is 0 Å². The van der Waals surface area contributed by atoms with Gasteiger partial charge in [-0.25, -0.2) is 4.98 Å². The van der Waals surface area contributed by atoms with Crippen molar-refractivity contribution in [3.05, 3.63) is 58.6 Å². The van der Waals surface area contributed by atoms with E-state index < -0.39 is 23.9 Å². The van der Waals surface area contributed by atoms with Crippen LogP contribution >= 0.6 is 15.9 Å². The minimum absolute atomic E-state index is 0.114. The first kappa shape index (κ1) is 27.5. The quantitative estimate of drug-likeness (QED) is 0.212. The van der Waals surface area contributed by atoms with Crippen LogP contribution in [0.1, 0.15) is 12.0 Å². The second kappa shape index (κ2) is 11.3. The molecule has 194 valence electrons. The summed E-state index contributed by atoms with van der Waals surface area (Å²) in [6.07, 6.45) is -8.70. The van der Waals surface area contributed by atoms with E-state index in [2.05, 4.69) is 41.3 Å². The molecule has 6 nitrogen and oxygen atoms in total. The summed E-state index contributed by atoms with van der Waals surface area (Å²) in [5, 5.41) is 5.87.